The highest BCUT2D eigenvalue weighted by molar-refractivity contribution is 9.10. The Bertz CT molecular complexity index is 1010. The van der Waals surface area contributed by atoms with Crippen LogP contribution < -0.4 is 5.56 Å². The molecule has 0 saturated carbocycles. The van der Waals surface area contributed by atoms with Crippen molar-refractivity contribution in [3.8, 4) is 11.3 Å². The van der Waals surface area contributed by atoms with Gasteiger partial charge in [-0.05, 0) is 23.1 Å². The molecule has 2 aromatic carbocycles. The summed E-state index contributed by atoms with van der Waals surface area (Å²) in [5.74, 6) is 0. The molecule has 2 heterocycles. The molecule has 0 atom stereocenters. The monoisotopic (exact) mass is 355 g/mol. The number of aromatic nitrogens is 1. The summed E-state index contributed by atoms with van der Waals surface area (Å²) in [6, 6.07) is 17.7. The lowest BCUT2D eigenvalue weighted by Gasteiger charge is -2.04. The van der Waals surface area contributed by atoms with Gasteiger partial charge in [-0.3, -0.25) is 9.20 Å². The van der Waals surface area contributed by atoms with Crippen molar-refractivity contribution in [3.63, 3.8) is 0 Å². The summed E-state index contributed by atoms with van der Waals surface area (Å²) in [6.07, 6.45) is 0. The molecule has 0 aliphatic carbocycles. The molecule has 4 aromatic rings. The standard InChI is InChI=1S/C17H10BrNOS/c18-13-7-5-11(6-8-13)15-10-21-17-14-4-2-1-3-12(14)9-16(20)19(15)17/h1-10H. The van der Waals surface area contributed by atoms with Gasteiger partial charge in [-0.2, -0.15) is 0 Å². The molecule has 0 radical (unpaired) electrons. The van der Waals surface area contributed by atoms with Crippen molar-refractivity contribution >= 4 is 42.9 Å². The largest absolute Gasteiger partial charge is 0.269 e. The average molecular weight is 356 g/mol. The first-order valence-corrected chi connectivity index (χ1v) is 8.19. The van der Waals surface area contributed by atoms with Gasteiger partial charge < -0.3 is 0 Å². The third-order valence-electron chi connectivity index (χ3n) is 3.56. The molecule has 0 bridgehead atoms. The highest BCUT2D eigenvalue weighted by Gasteiger charge is 2.11. The van der Waals surface area contributed by atoms with Gasteiger partial charge >= 0.3 is 0 Å². The molecule has 0 unspecified atom stereocenters. The predicted octanol–water partition coefficient (Wildman–Crippen LogP) is 4.94. The fourth-order valence-electron chi connectivity index (χ4n) is 2.56. The molecule has 0 N–H and O–H groups in total. The zero-order chi connectivity index (χ0) is 14.4. The Labute approximate surface area is 133 Å². The van der Waals surface area contributed by atoms with Gasteiger partial charge in [-0.1, -0.05) is 52.3 Å². The fraction of sp³-hybridized carbons (Fsp3) is 0. The smallest absolute Gasteiger partial charge is 0.256 e. The number of halogens is 1. The second-order valence-corrected chi connectivity index (χ2v) is 6.61. The number of hydrogen-bond acceptors (Lipinski definition) is 2. The van der Waals surface area contributed by atoms with Gasteiger partial charge in [-0.15, -0.1) is 11.3 Å². The molecular weight excluding hydrogens is 346 g/mol. The van der Waals surface area contributed by atoms with Gasteiger partial charge in [-0.25, -0.2) is 0 Å². The van der Waals surface area contributed by atoms with E-state index in [1.807, 2.05) is 47.8 Å². The average Bonchev–Trinajstić information content (AvgIpc) is 2.94. The van der Waals surface area contributed by atoms with Gasteiger partial charge in [0.2, 0.25) is 0 Å². The quantitative estimate of drug-likeness (QED) is 0.473. The molecule has 4 heteroatoms. The first kappa shape index (κ1) is 12.8. The van der Waals surface area contributed by atoms with Gasteiger partial charge in [0.1, 0.15) is 4.83 Å². The van der Waals surface area contributed by atoms with Crippen LogP contribution in [0.4, 0.5) is 0 Å². The minimum absolute atomic E-state index is 0.0165. The first-order valence-electron chi connectivity index (χ1n) is 6.52. The van der Waals surface area contributed by atoms with E-state index in [0.29, 0.717) is 0 Å². The van der Waals surface area contributed by atoms with Crippen LogP contribution in [0.25, 0.3) is 26.9 Å². The number of thiazole rings is 1. The molecule has 0 amide bonds. The Morgan fingerprint density at radius 3 is 2.57 bits per heavy atom. The SMILES string of the molecule is O=c1cc2ccccc2c2scc(-c3ccc(Br)cc3)n12. The van der Waals surface area contributed by atoms with E-state index in [-0.39, 0.29) is 5.56 Å². The minimum atomic E-state index is 0.0165. The fourth-order valence-corrected chi connectivity index (χ4v) is 3.90. The highest BCUT2D eigenvalue weighted by Crippen LogP contribution is 2.30. The molecule has 4 rings (SSSR count). The number of benzene rings is 2. The zero-order valence-electron chi connectivity index (χ0n) is 10.9. The summed E-state index contributed by atoms with van der Waals surface area (Å²) in [5, 5.41) is 4.16. The maximum absolute atomic E-state index is 12.5. The third-order valence-corrected chi connectivity index (χ3v) is 5.05. The van der Waals surface area contributed by atoms with Crippen LogP contribution in [0.2, 0.25) is 0 Å². The number of pyridine rings is 1. The first-order chi connectivity index (χ1) is 10.2. The molecule has 2 aromatic heterocycles. The molecule has 102 valence electrons. The number of fused-ring (bicyclic) bond motifs is 3. The van der Waals surface area contributed by atoms with Crippen molar-refractivity contribution in [1.29, 1.82) is 0 Å². The minimum Gasteiger partial charge on any atom is -0.269 e. The van der Waals surface area contributed by atoms with Crippen LogP contribution in [-0.2, 0) is 0 Å². The van der Waals surface area contributed by atoms with E-state index in [2.05, 4.69) is 22.0 Å². The molecule has 2 nitrogen and oxygen atoms in total. The van der Waals surface area contributed by atoms with Crippen LogP contribution in [0, 0.1) is 0 Å². The van der Waals surface area contributed by atoms with Gasteiger partial charge in [0, 0.05) is 21.3 Å². The zero-order valence-corrected chi connectivity index (χ0v) is 13.3. The summed E-state index contributed by atoms with van der Waals surface area (Å²) in [7, 11) is 0. The molecule has 0 spiro atoms. The Hall–Kier alpha value is -1.91. The van der Waals surface area contributed by atoms with Crippen molar-refractivity contribution in [1.82, 2.24) is 4.40 Å². The second kappa shape index (κ2) is 4.83. The highest BCUT2D eigenvalue weighted by atomic mass is 79.9. The Morgan fingerprint density at radius 2 is 1.76 bits per heavy atom. The number of nitrogens with zero attached hydrogens (tertiary/aromatic N) is 1. The molecule has 21 heavy (non-hydrogen) atoms. The lowest BCUT2D eigenvalue weighted by molar-refractivity contribution is 1.15. The van der Waals surface area contributed by atoms with Crippen molar-refractivity contribution in [2.24, 2.45) is 0 Å². The Kier molecular flexibility index (Phi) is 2.94. The Balaban J connectivity index is 2.11. The normalized spacial score (nSPS) is 11.3. The van der Waals surface area contributed by atoms with Gasteiger partial charge in [0.15, 0.2) is 0 Å². The summed E-state index contributed by atoms with van der Waals surface area (Å²) in [5.41, 5.74) is 2.00. The van der Waals surface area contributed by atoms with Gasteiger partial charge in [0.05, 0.1) is 5.69 Å². The lowest BCUT2D eigenvalue weighted by Crippen LogP contribution is -2.11. The molecule has 0 fully saturated rings. The second-order valence-electron chi connectivity index (χ2n) is 4.84. The predicted molar refractivity (Wildman–Crippen MR) is 92.2 cm³/mol. The van der Waals surface area contributed by atoms with Crippen molar-refractivity contribution in [2.75, 3.05) is 0 Å². The molecule has 0 aliphatic heterocycles. The van der Waals surface area contributed by atoms with E-state index >= 15 is 0 Å². The lowest BCUT2D eigenvalue weighted by atomic mass is 10.1. The topological polar surface area (TPSA) is 21.5 Å². The van der Waals surface area contributed by atoms with E-state index in [1.165, 1.54) is 0 Å². The summed E-state index contributed by atoms with van der Waals surface area (Å²) in [4.78, 5) is 13.5. The molecular formula is C17H10BrNOS. The van der Waals surface area contributed by atoms with E-state index in [4.69, 9.17) is 0 Å². The van der Waals surface area contributed by atoms with Crippen LogP contribution in [0.5, 0.6) is 0 Å². The molecule has 0 saturated heterocycles. The molecule has 0 aliphatic rings. The maximum Gasteiger partial charge on any atom is 0.256 e. The number of rotatable bonds is 1. The van der Waals surface area contributed by atoms with Crippen LogP contribution in [0.1, 0.15) is 0 Å². The van der Waals surface area contributed by atoms with Crippen LogP contribution in [0.15, 0.2) is 69.2 Å². The van der Waals surface area contributed by atoms with E-state index in [0.717, 1.165) is 31.3 Å². The van der Waals surface area contributed by atoms with Gasteiger partial charge in [0.25, 0.3) is 5.56 Å². The van der Waals surface area contributed by atoms with Crippen molar-refractivity contribution in [2.45, 2.75) is 0 Å². The van der Waals surface area contributed by atoms with E-state index in [1.54, 1.807) is 21.8 Å². The van der Waals surface area contributed by atoms with Crippen LogP contribution in [-0.4, -0.2) is 4.40 Å². The summed E-state index contributed by atoms with van der Waals surface area (Å²) < 4.78 is 2.83. The van der Waals surface area contributed by atoms with E-state index in [9.17, 15) is 4.79 Å². The maximum atomic E-state index is 12.5. The Morgan fingerprint density at radius 1 is 1.00 bits per heavy atom. The summed E-state index contributed by atoms with van der Waals surface area (Å²) in [6.45, 7) is 0. The summed E-state index contributed by atoms with van der Waals surface area (Å²) >= 11 is 5.05. The third kappa shape index (κ3) is 2.03. The number of hydrogen-bond donors (Lipinski definition) is 0. The van der Waals surface area contributed by atoms with E-state index < -0.39 is 0 Å². The van der Waals surface area contributed by atoms with Crippen molar-refractivity contribution < 1.29 is 0 Å². The van der Waals surface area contributed by atoms with Crippen molar-refractivity contribution in [3.05, 3.63) is 74.8 Å². The van der Waals surface area contributed by atoms with Crippen LogP contribution >= 0.6 is 27.3 Å². The van der Waals surface area contributed by atoms with Crippen LogP contribution in [0.3, 0.4) is 0 Å².